The summed E-state index contributed by atoms with van der Waals surface area (Å²) in [5.41, 5.74) is 2.76. The van der Waals surface area contributed by atoms with E-state index in [9.17, 15) is 20.4 Å². The molecule has 0 aromatic heterocycles. The van der Waals surface area contributed by atoms with Crippen LogP contribution in [0.1, 0.15) is 138 Å². The number of hydrogen-bond donors (Lipinski definition) is 4. The Hall–Kier alpha value is -1.83. The van der Waals surface area contributed by atoms with Crippen molar-refractivity contribution in [3.8, 4) is 0 Å². The Morgan fingerprint density at radius 2 is 1.57 bits per heavy atom. The number of aliphatic hydroxyl groups is 4. The number of Topliss-reactive ketones (excluding diaryl/α,β-unsaturated/α-hetero) is 1. The van der Waals surface area contributed by atoms with E-state index < -0.39 is 51.9 Å². The van der Waals surface area contributed by atoms with Gasteiger partial charge in [0.15, 0.2) is 22.9 Å². The number of rotatable bonds is 1. The molecule has 8 aliphatic heterocycles. The molecule has 8 aliphatic carbocycles. The maximum atomic E-state index is 15.1. The van der Waals surface area contributed by atoms with Crippen molar-refractivity contribution >= 4 is 5.78 Å². The summed E-state index contributed by atoms with van der Waals surface area (Å²) < 4.78 is 26.5. The second-order valence-electron chi connectivity index (χ2n) is 26.7. The third-order valence-corrected chi connectivity index (χ3v) is 24.9. The van der Waals surface area contributed by atoms with Gasteiger partial charge in [0, 0.05) is 41.5 Å². The molecule has 2 bridgehead atoms. The van der Waals surface area contributed by atoms with Crippen molar-refractivity contribution in [1.82, 2.24) is 9.80 Å². The van der Waals surface area contributed by atoms with Gasteiger partial charge in [-0.05, 0) is 142 Å². The predicted octanol–water partition coefficient (Wildman–Crippen LogP) is 6.54. The SMILES string of the molecule is CC1CO[C@]2(OC[C@]34C(=O)C[C@H]5[C@@H](CC[C@H]6CC78N9C%10=C(C[C@@]%11(C)[C@@H](CC[C@H]%12C%13=C[C@@H]%14O[C@]%15(CC[C@@](C)(CO)O%15)[C@@H](C)[C@]%14(O)[C@@]%13(C)[C@H](O)C[C@@H]%12%11)C%10)N7C98C[C@@]65C)C3=CC[C@@H]4[C@@H]2C)[C@H](O)C1. The summed E-state index contributed by atoms with van der Waals surface area (Å²) in [5, 5.41) is 47.1. The Labute approximate surface area is 384 Å². The van der Waals surface area contributed by atoms with Gasteiger partial charge in [0.1, 0.15) is 23.6 Å². The lowest BCUT2D eigenvalue weighted by molar-refractivity contribution is -0.365. The van der Waals surface area contributed by atoms with E-state index in [1.807, 2.05) is 6.92 Å². The lowest BCUT2D eigenvalue weighted by Crippen LogP contribution is -2.67. The Balaban J connectivity index is 0.694. The van der Waals surface area contributed by atoms with Crippen LogP contribution in [0.5, 0.6) is 0 Å². The predicted molar refractivity (Wildman–Crippen MR) is 236 cm³/mol. The van der Waals surface area contributed by atoms with Gasteiger partial charge < -0.3 is 49.2 Å². The molecule has 354 valence electrons. The van der Waals surface area contributed by atoms with Crippen LogP contribution in [0.2, 0.25) is 0 Å². The molecule has 23 atom stereocenters. The van der Waals surface area contributed by atoms with Crippen LogP contribution in [0.4, 0.5) is 0 Å². The number of nitrogens with zero attached hydrogens (tertiary/aromatic N) is 2. The highest BCUT2D eigenvalue weighted by molar-refractivity contribution is 5.91. The number of ether oxygens (including phenoxy) is 4. The fraction of sp³-hybridized carbons (Fsp3) is 0.870. The van der Waals surface area contributed by atoms with E-state index in [1.165, 1.54) is 24.0 Å². The fourth-order valence-corrected chi connectivity index (χ4v) is 21.3. The highest BCUT2D eigenvalue weighted by Crippen LogP contribution is 2.91. The van der Waals surface area contributed by atoms with E-state index in [-0.39, 0.29) is 46.5 Å². The molecular formula is C54H74N2O9. The first-order chi connectivity index (χ1) is 30.8. The molecule has 3 unspecified atom stereocenters. The minimum Gasteiger partial charge on any atom is -0.393 e. The largest absolute Gasteiger partial charge is 0.393 e. The van der Waals surface area contributed by atoms with Gasteiger partial charge in [-0.15, -0.1) is 0 Å². The third kappa shape index (κ3) is 4.00. The van der Waals surface area contributed by atoms with Gasteiger partial charge in [0.2, 0.25) is 0 Å². The Morgan fingerprint density at radius 3 is 2.32 bits per heavy atom. The lowest BCUT2D eigenvalue weighted by atomic mass is 9.44. The number of aliphatic hydroxyl groups excluding tert-OH is 3. The molecule has 6 saturated heterocycles. The molecule has 0 aromatic rings. The van der Waals surface area contributed by atoms with E-state index in [4.69, 9.17) is 18.9 Å². The summed E-state index contributed by atoms with van der Waals surface area (Å²) in [4.78, 5) is 20.9. The van der Waals surface area contributed by atoms with Crippen LogP contribution in [0.15, 0.2) is 34.7 Å². The summed E-state index contributed by atoms with van der Waals surface area (Å²) in [5.74, 6) is 0.883. The molecule has 8 heterocycles. The Morgan fingerprint density at radius 1 is 0.815 bits per heavy atom. The topological polar surface area (TPSA) is 141 Å². The standard InChI is InChI=1S/C54H74N2O9/c1-27-16-43(60)54(62-23-27)28(2)34-12-13-35-32-11-9-31-21-51-52(24-47(31,6)37(32)19-42(59)49(34,35)26-63-54)55(51)39-17-30-8-10-33-36(46(30,5)22-40(39)56(51)52)18-41(58)48(7)38(33)20-44-53(48,61)29(3)50(64-44)15-14-45(4,25-57)65-50/h13,20,27-34,36-37,41,43-44,57-58,60-61H,8-12,14-19,21-26H2,1-7H3/t27?,28-,29+,30-,31-,32-,33+,34+,36-,37-,41+,43+,44-,45-,46-,47-,48+,49+,50-,51?,52?,53+,54+,55?,56?/m0/s1. The fourth-order valence-electron chi connectivity index (χ4n) is 21.3. The summed E-state index contributed by atoms with van der Waals surface area (Å²) in [7, 11) is 0. The maximum absolute atomic E-state index is 15.1. The molecule has 5 saturated carbocycles. The quantitative estimate of drug-likeness (QED) is 0.169. The van der Waals surface area contributed by atoms with Crippen molar-refractivity contribution in [2.75, 3.05) is 19.8 Å². The van der Waals surface area contributed by atoms with Gasteiger partial charge in [-0.3, -0.25) is 4.79 Å². The summed E-state index contributed by atoms with van der Waals surface area (Å²) in [6.45, 7) is 16.4. The molecule has 65 heavy (non-hydrogen) atoms. The summed E-state index contributed by atoms with van der Waals surface area (Å²) in [6, 6.07) is 0. The van der Waals surface area contributed by atoms with E-state index in [0.717, 1.165) is 44.9 Å². The second kappa shape index (κ2) is 11.7. The first-order valence-electron chi connectivity index (χ1n) is 26.4. The molecule has 0 aromatic carbocycles. The number of carbonyl (C=O) groups excluding carboxylic acids is 1. The van der Waals surface area contributed by atoms with Gasteiger partial charge in [-0.1, -0.05) is 64.8 Å². The van der Waals surface area contributed by atoms with Crippen LogP contribution in [-0.2, 0) is 23.7 Å². The average Bonchev–Trinajstić information content (AvgIpc) is 3.56. The molecule has 11 fully saturated rings. The van der Waals surface area contributed by atoms with Crippen LogP contribution in [-0.4, -0.2) is 108 Å². The molecule has 0 radical (unpaired) electrons. The van der Waals surface area contributed by atoms with Crippen LogP contribution < -0.4 is 0 Å². The number of ketones is 1. The van der Waals surface area contributed by atoms with E-state index in [0.29, 0.717) is 92.5 Å². The van der Waals surface area contributed by atoms with Crippen molar-refractivity contribution in [3.63, 3.8) is 0 Å². The van der Waals surface area contributed by atoms with Crippen LogP contribution in [0, 0.1) is 80.8 Å². The molecule has 4 N–H and O–H groups in total. The van der Waals surface area contributed by atoms with E-state index >= 15 is 4.79 Å². The highest BCUT2D eigenvalue weighted by Gasteiger charge is 3.03. The zero-order valence-corrected chi connectivity index (χ0v) is 39.9. The molecule has 0 amide bonds. The van der Waals surface area contributed by atoms with Crippen LogP contribution in [0.3, 0.4) is 0 Å². The molecule has 16 aliphatic rings. The Kier molecular flexibility index (Phi) is 7.36. The normalized spacial score (nSPS) is 63.6. The van der Waals surface area contributed by atoms with Gasteiger partial charge >= 0.3 is 0 Å². The molecule has 11 heteroatoms. The van der Waals surface area contributed by atoms with Gasteiger partial charge in [-0.25, -0.2) is 0 Å². The number of hydrogen-bond acceptors (Lipinski definition) is 11. The van der Waals surface area contributed by atoms with Crippen molar-refractivity contribution < 1.29 is 44.2 Å². The highest BCUT2D eigenvalue weighted by atomic mass is 16.7. The lowest BCUT2D eigenvalue weighted by Gasteiger charge is -2.61. The van der Waals surface area contributed by atoms with Crippen LogP contribution in [0.25, 0.3) is 0 Å². The first-order valence-corrected chi connectivity index (χ1v) is 26.4. The van der Waals surface area contributed by atoms with Crippen molar-refractivity contribution in [3.05, 3.63) is 34.7 Å². The van der Waals surface area contributed by atoms with E-state index in [1.54, 1.807) is 11.4 Å². The van der Waals surface area contributed by atoms with Gasteiger partial charge in [0.05, 0.1) is 36.9 Å². The third-order valence-electron chi connectivity index (χ3n) is 24.9. The smallest absolute Gasteiger partial charge is 0.197 e. The molecule has 5 spiro atoms. The Bertz CT molecular complexity index is 2350. The minimum absolute atomic E-state index is 0.0387. The average molecular weight is 895 g/mol. The van der Waals surface area contributed by atoms with Crippen molar-refractivity contribution in [2.24, 2.45) is 80.8 Å². The van der Waals surface area contributed by atoms with Gasteiger partial charge in [0.25, 0.3) is 0 Å². The van der Waals surface area contributed by atoms with Crippen LogP contribution >= 0.6 is 0 Å². The first kappa shape index (κ1) is 41.0. The summed E-state index contributed by atoms with van der Waals surface area (Å²) >= 11 is 0. The minimum atomic E-state index is -1.29. The zero-order chi connectivity index (χ0) is 44.8. The number of allylic oxidation sites excluding steroid dienone is 3. The zero-order valence-electron chi connectivity index (χ0n) is 39.9. The number of fused-ring (bicyclic) bond motifs is 11. The molecule has 11 nitrogen and oxygen atoms in total. The van der Waals surface area contributed by atoms with Crippen molar-refractivity contribution in [2.45, 2.75) is 191 Å². The maximum Gasteiger partial charge on any atom is 0.197 e. The molecule has 16 rings (SSSR count). The number of carbonyl (C=O) groups is 1. The molecular weight excluding hydrogens is 821 g/mol. The van der Waals surface area contributed by atoms with E-state index in [2.05, 4.69) is 63.5 Å². The second-order valence-corrected chi connectivity index (χ2v) is 26.7. The van der Waals surface area contributed by atoms with Gasteiger partial charge in [-0.2, -0.15) is 0 Å². The van der Waals surface area contributed by atoms with Crippen molar-refractivity contribution in [1.29, 1.82) is 0 Å². The summed E-state index contributed by atoms with van der Waals surface area (Å²) in [6.07, 6.45) is 16.1. The monoisotopic (exact) mass is 895 g/mol.